The molecule has 22 heavy (non-hydrogen) atoms. The van der Waals surface area contributed by atoms with E-state index in [1.165, 1.54) is 19.3 Å². The summed E-state index contributed by atoms with van der Waals surface area (Å²) >= 11 is 0. The van der Waals surface area contributed by atoms with Gasteiger partial charge in [0, 0.05) is 12.4 Å². The Hall–Kier alpha value is -1.36. The van der Waals surface area contributed by atoms with E-state index in [-0.39, 0.29) is 18.8 Å². The van der Waals surface area contributed by atoms with E-state index in [9.17, 15) is 14.7 Å². The first kappa shape index (κ1) is 20.6. The molecule has 0 fully saturated rings. The van der Waals surface area contributed by atoms with Gasteiger partial charge in [-0.2, -0.15) is 0 Å². The first-order valence-corrected chi connectivity index (χ1v) is 8.09. The van der Waals surface area contributed by atoms with Gasteiger partial charge in [0.15, 0.2) is 6.10 Å². The molecule has 0 aliphatic rings. The van der Waals surface area contributed by atoms with Crippen molar-refractivity contribution in [2.24, 2.45) is 0 Å². The Morgan fingerprint density at radius 1 is 1.14 bits per heavy atom. The van der Waals surface area contributed by atoms with Crippen LogP contribution in [0.4, 0.5) is 0 Å². The molecule has 0 amide bonds. The largest absolute Gasteiger partial charge is 0.550 e. The lowest BCUT2D eigenvalue weighted by atomic mass is 10.1. The molecule has 1 unspecified atom stereocenters. The van der Waals surface area contributed by atoms with Crippen molar-refractivity contribution in [1.82, 2.24) is 0 Å². The van der Waals surface area contributed by atoms with Gasteiger partial charge in [0.05, 0.1) is 27.6 Å². The molecule has 1 atom stereocenters. The summed E-state index contributed by atoms with van der Waals surface area (Å²) in [6.45, 7) is 2.62. The van der Waals surface area contributed by atoms with E-state index in [1.807, 2.05) is 27.2 Å². The van der Waals surface area contributed by atoms with Crippen LogP contribution in [-0.2, 0) is 14.3 Å². The maximum Gasteiger partial charge on any atom is 0.310 e. The number of unbranched alkanes of at least 4 members (excludes halogenated alkanes) is 4. The zero-order chi connectivity index (χ0) is 17.0. The lowest BCUT2D eigenvalue weighted by Gasteiger charge is -2.29. The first-order valence-electron chi connectivity index (χ1n) is 8.09. The number of aliphatic carboxylic acids is 1. The third kappa shape index (κ3) is 13.6. The fraction of sp³-hybridized carbons (Fsp3) is 0.765. The Morgan fingerprint density at radius 2 is 1.82 bits per heavy atom. The molecule has 0 saturated heterocycles. The molecular formula is C17H31NO4. The lowest BCUT2D eigenvalue weighted by molar-refractivity contribution is -0.873. The SMILES string of the molecule is CCCCCC/C=C\CC(=O)OC(CC(=O)[O-])C[N+](C)(C)C. The number of esters is 1. The maximum absolute atomic E-state index is 11.8. The molecule has 0 aromatic heterocycles. The highest BCUT2D eigenvalue weighted by Crippen LogP contribution is 2.07. The average molecular weight is 313 g/mol. The quantitative estimate of drug-likeness (QED) is 0.238. The second kappa shape index (κ2) is 11.2. The molecule has 5 heteroatoms. The van der Waals surface area contributed by atoms with Crippen LogP contribution in [0.25, 0.3) is 0 Å². The van der Waals surface area contributed by atoms with Gasteiger partial charge in [-0.25, -0.2) is 0 Å². The van der Waals surface area contributed by atoms with Gasteiger partial charge in [-0.1, -0.05) is 38.3 Å². The number of allylic oxidation sites excluding steroid dienone is 1. The van der Waals surface area contributed by atoms with Crippen LogP contribution in [0.15, 0.2) is 12.2 Å². The van der Waals surface area contributed by atoms with Crippen molar-refractivity contribution in [1.29, 1.82) is 0 Å². The number of carbonyl (C=O) groups excluding carboxylic acids is 2. The van der Waals surface area contributed by atoms with Crippen LogP contribution in [0.1, 0.15) is 51.9 Å². The highest BCUT2D eigenvalue weighted by molar-refractivity contribution is 5.72. The van der Waals surface area contributed by atoms with Crippen LogP contribution < -0.4 is 5.11 Å². The zero-order valence-electron chi connectivity index (χ0n) is 14.5. The molecule has 0 N–H and O–H groups in total. The predicted octanol–water partition coefficient (Wildman–Crippen LogP) is 1.66. The van der Waals surface area contributed by atoms with Crippen LogP contribution in [0, 0.1) is 0 Å². The van der Waals surface area contributed by atoms with Crippen molar-refractivity contribution in [3.8, 4) is 0 Å². The van der Waals surface area contributed by atoms with Gasteiger partial charge in [0.2, 0.25) is 0 Å². The van der Waals surface area contributed by atoms with Crippen molar-refractivity contribution in [2.75, 3.05) is 27.7 Å². The van der Waals surface area contributed by atoms with Crippen LogP contribution in [0.5, 0.6) is 0 Å². The Bertz CT molecular complexity index is 358. The topological polar surface area (TPSA) is 66.4 Å². The number of nitrogens with zero attached hydrogens (tertiary/aromatic N) is 1. The third-order valence-corrected chi connectivity index (χ3v) is 3.12. The van der Waals surface area contributed by atoms with Crippen molar-refractivity contribution in [3.63, 3.8) is 0 Å². The van der Waals surface area contributed by atoms with Gasteiger partial charge in [0.25, 0.3) is 0 Å². The van der Waals surface area contributed by atoms with Crippen molar-refractivity contribution in [3.05, 3.63) is 12.2 Å². The molecule has 0 aromatic rings. The fourth-order valence-electron chi connectivity index (χ4n) is 2.16. The minimum atomic E-state index is -1.20. The second-order valence-corrected chi connectivity index (χ2v) is 6.69. The van der Waals surface area contributed by atoms with Gasteiger partial charge < -0.3 is 19.1 Å². The van der Waals surface area contributed by atoms with Gasteiger partial charge in [0.1, 0.15) is 6.54 Å². The number of rotatable bonds is 12. The summed E-state index contributed by atoms with van der Waals surface area (Å²) < 4.78 is 5.78. The Morgan fingerprint density at radius 3 is 2.36 bits per heavy atom. The monoisotopic (exact) mass is 313 g/mol. The van der Waals surface area contributed by atoms with Crippen molar-refractivity contribution >= 4 is 11.9 Å². The fourth-order valence-corrected chi connectivity index (χ4v) is 2.16. The highest BCUT2D eigenvalue weighted by atomic mass is 16.5. The van der Waals surface area contributed by atoms with E-state index in [1.54, 1.807) is 6.08 Å². The van der Waals surface area contributed by atoms with Crippen LogP contribution in [-0.4, -0.2) is 50.2 Å². The van der Waals surface area contributed by atoms with Crippen LogP contribution in [0.3, 0.4) is 0 Å². The molecule has 0 spiro atoms. The molecule has 0 heterocycles. The normalized spacial score (nSPS) is 13.3. The van der Waals surface area contributed by atoms with Gasteiger partial charge in [-0.3, -0.25) is 4.79 Å². The van der Waals surface area contributed by atoms with E-state index in [0.717, 1.165) is 12.8 Å². The average Bonchev–Trinajstić information content (AvgIpc) is 2.34. The number of quaternary nitrogens is 1. The molecule has 128 valence electrons. The van der Waals surface area contributed by atoms with Crippen LogP contribution >= 0.6 is 0 Å². The number of likely N-dealkylation sites (N-methyl/N-ethyl adjacent to an activating group) is 1. The lowest BCUT2D eigenvalue weighted by Crippen LogP contribution is -2.45. The number of carboxylic acids is 1. The summed E-state index contributed by atoms with van der Waals surface area (Å²) in [5, 5.41) is 10.7. The molecule has 0 aliphatic carbocycles. The summed E-state index contributed by atoms with van der Waals surface area (Å²) in [5.41, 5.74) is 0. The molecule has 0 rings (SSSR count). The second-order valence-electron chi connectivity index (χ2n) is 6.69. The van der Waals surface area contributed by atoms with E-state index < -0.39 is 12.1 Å². The first-order chi connectivity index (χ1) is 10.2. The van der Waals surface area contributed by atoms with Crippen molar-refractivity contribution < 1.29 is 23.9 Å². The molecule has 5 nitrogen and oxygen atoms in total. The molecular weight excluding hydrogens is 282 g/mol. The predicted molar refractivity (Wildman–Crippen MR) is 84.9 cm³/mol. The summed E-state index contributed by atoms with van der Waals surface area (Å²) in [6, 6.07) is 0. The molecule has 0 aromatic carbocycles. The van der Waals surface area contributed by atoms with E-state index >= 15 is 0 Å². The Balaban J connectivity index is 4.11. The highest BCUT2D eigenvalue weighted by Gasteiger charge is 2.21. The standard InChI is InChI=1S/C17H31NO4/c1-5-6-7-8-9-10-11-12-17(21)22-15(13-16(19)20)14-18(2,3)4/h10-11,15H,5-9,12-14H2,1-4H3/b11-10-. The maximum atomic E-state index is 11.8. The third-order valence-electron chi connectivity index (χ3n) is 3.12. The number of carbonyl (C=O) groups is 2. The van der Waals surface area contributed by atoms with E-state index in [4.69, 9.17) is 4.74 Å². The summed E-state index contributed by atoms with van der Waals surface area (Å²) in [6.07, 6.45) is 8.84. The van der Waals surface area contributed by atoms with Crippen molar-refractivity contribution in [2.45, 2.75) is 58.0 Å². The molecule has 0 radical (unpaired) electrons. The Labute approximate surface area is 134 Å². The Kier molecular flexibility index (Phi) is 10.5. The molecule has 0 saturated carbocycles. The minimum absolute atomic E-state index is 0.189. The summed E-state index contributed by atoms with van der Waals surface area (Å²) in [4.78, 5) is 22.5. The van der Waals surface area contributed by atoms with Gasteiger partial charge >= 0.3 is 5.97 Å². The number of carboxylic acid groups (broad SMARTS) is 1. The number of hydrogen-bond donors (Lipinski definition) is 0. The number of ether oxygens (including phenoxy) is 1. The minimum Gasteiger partial charge on any atom is -0.550 e. The molecule has 0 bridgehead atoms. The summed E-state index contributed by atoms with van der Waals surface area (Å²) in [5.74, 6) is -1.58. The summed E-state index contributed by atoms with van der Waals surface area (Å²) in [7, 11) is 5.77. The van der Waals surface area contributed by atoms with Crippen LogP contribution in [0.2, 0.25) is 0 Å². The zero-order valence-corrected chi connectivity index (χ0v) is 14.5. The van der Waals surface area contributed by atoms with E-state index in [0.29, 0.717) is 11.0 Å². The molecule has 0 aliphatic heterocycles. The smallest absolute Gasteiger partial charge is 0.310 e. The number of hydrogen-bond acceptors (Lipinski definition) is 4. The van der Waals surface area contributed by atoms with E-state index in [2.05, 4.69) is 6.92 Å². The van der Waals surface area contributed by atoms with Gasteiger partial charge in [-0.15, -0.1) is 0 Å². The van der Waals surface area contributed by atoms with Gasteiger partial charge in [-0.05, 0) is 12.8 Å².